The number of nitriles is 1. The maximum Gasteiger partial charge on any atom is 0.0852 e. The number of morpholine rings is 1. The van der Waals surface area contributed by atoms with Gasteiger partial charge in [-0.3, -0.25) is 0 Å². The molecule has 1 heterocycles. The van der Waals surface area contributed by atoms with Crippen LogP contribution in [0.3, 0.4) is 0 Å². The van der Waals surface area contributed by atoms with Gasteiger partial charge in [-0.25, -0.2) is 0 Å². The Morgan fingerprint density at radius 1 is 1.38 bits per heavy atom. The average Bonchev–Trinajstić information content (AvgIpc) is 2.47. The van der Waals surface area contributed by atoms with Crippen LogP contribution >= 0.6 is 0 Å². The highest BCUT2D eigenvalue weighted by Crippen LogP contribution is 2.43. The minimum Gasteiger partial charge on any atom is -0.374 e. The van der Waals surface area contributed by atoms with Gasteiger partial charge in [0.2, 0.25) is 0 Å². The van der Waals surface area contributed by atoms with Gasteiger partial charge in [0.15, 0.2) is 0 Å². The van der Waals surface area contributed by atoms with Crippen molar-refractivity contribution >= 4 is 0 Å². The largest absolute Gasteiger partial charge is 0.374 e. The lowest BCUT2D eigenvalue weighted by molar-refractivity contribution is -0.0213. The summed E-state index contributed by atoms with van der Waals surface area (Å²) in [6, 6.07) is 13.1. The number of hydrogen-bond acceptors (Lipinski definition) is 4. The number of likely N-dealkylation sites (N-methyl/N-ethyl adjacent to an activating group) is 1. The molecule has 0 spiro atoms. The van der Waals surface area contributed by atoms with E-state index >= 15 is 0 Å². The second kappa shape index (κ2) is 6.15. The van der Waals surface area contributed by atoms with Crippen molar-refractivity contribution in [3.8, 4) is 6.07 Å². The van der Waals surface area contributed by atoms with Gasteiger partial charge in [-0.1, -0.05) is 30.3 Å². The SMILES string of the molecule is CN1CCOC(CNC2CC(C#N)(c3ccccc3)C2)C1. The topological polar surface area (TPSA) is 48.3 Å². The van der Waals surface area contributed by atoms with Gasteiger partial charge < -0.3 is 15.0 Å². The number of nitrogens with one attached hydrogen (secondary N) is 1. The molecule has 1 saturated heterocycles. The van der Waals surface area contributed by atoms with Gasteiger partial charge >= 0.3 is 0 Å². The normalized spacial score (nSPS) is 33.1. The molecule has 1 unspecified atom stereocenters. The van der Waals surface area contributed by atoms with Crippen LogP contribution in [0.5, 0.6) is 0 Å². The third-order valence-corrected chi connectivity index (χ3v) is 4.71. The average molecular weight is 285 g/mol. The minimum absolute atomic E-state index is 0.276. The highest BCUT2D eigenvalue weighted by Gasteiger charge is 2.45. The molecule has 3 rings (SSSR count). The standard InChI is InChI=1S/C17H23N3O/c1-20-7-8-21-16(12-20)11-19-15-9-17(10-15,13-18)14-5-3-2-4-6-14/h2-6,15-16,19H,7-12H2,1H3. The lowest BCUT2D eigenvalue weighted by Crippen LogP contribution is -2.54. The van der Waals surface area contributed by atoms with Crippen LogP contribution in [0.4, 0.5) is 0 Å². The molecule has 1 aliphatic heterocycles. The van der Waals surface area contributed by atoms with Gasteiger partial charge in [0, 0.05) is 25.7 Å². The van der Waals surface area contributed by atoms with E-state index in [-0.39, 0.29) is 11.5 Å². The smallest absolute Gasteiger partial charge is 0.0852 e. The summed E-state index contributed by atoms with van der Waals surface area (Å²) < 4.78 is 5.76. The van der Waals surface area contributed by atoms with Crippen molar-refractivity contribution in [2.75, 3.05) is 33.3 Å². The van der Waals surface area contributed by atoms with E-state index in [0.717, 1.165) is 44.6 Å². The van der Waals surface area contributed by atoms with Crippen LogP contribution in [-0.4, -0.2) is 50.3 Å². The predicted molar refractivity (Wildman–Crippen MR) is 82.0 cm³/mol. The summed E-state index contributed by atoms with van der Waals surface area (Å²) in [5, 5.41) is 13.1. The van der Waals surface area contributed by atoms with Gasteiger partial charge in [0.1, 0.15) is 0 Å². The lowest BCUT2D eigenvalue weighted by Gasteiger charge is -2.44. The first-order valence-electron chi connectivity index (χ1n) is 7.72. The third kappa shape index (κ3) is 3.11. The molecular weight excluding hydrogens is 262 g/mol. The lowest BCUT2D eigenvalue weighted by atomic mass is 9.62. The molecule has 1 atom stereocenters. The van der Waals surface area contributed by atoms with E-state index in [2.05, 4.69) is 35.5 Å². The van der Waals surface area contributed by atoms with E-state index in [9.17, 15) is 5.26 Å². The van der Waals surface area contributed by atoms with Crippen molar-refractivity contribution < 1.29 is 4.74 Å². The molecule has 0 radical (unpaired) electrons. The zero-order valence-corrected chi connectivity index (χ0v) is 12.6. The van der Waals surface area contributed by atoms with Crippen molar-refractivity contribution in [3.63, 3.8) is 0 Å². The van der Waals surface area contributed by atoms with Crippen molar-refractivity contribution in [2.45, 2.75) is 30.4 Å². The molecule has 1 saturated carbocycles. The maximum absolute atomic E-state index is 9.55. The minimum atomic E-state index is -0.289. The molecule has 21 heavy (non-hydrogen) atoms. The Labute approximate surface area is 126 Å². The Balaban J connectivity index is 1.50. The summed E-state index contributed by atoms with van der Waals surface area (Å²) in [4.78, 5) is 2.31. The number of nitrogens with zero attached hydrogens (tertiary/aromatic N) is 2. The van der Waals surface area contributed by atoms with Gasteiger partial charge in [-0.05, 0) is 25.5 Å². The summed E-state index contributed by atoms with van der Waals surface area (Å²) in [6.07, 6.45) is 2.07. The van der Waals surface area contributed by atoms with Gasteiger partial charge in [-0.15, -0.1) is 0 Å². The summed E-state index contributed by atoms with van der Waals surface area (Å²) in [7, 11) is 2.13. The van der Waals surface area contributed by atoms with Crippen molar-refractivity contribution in [3.05, 3.63) is 35.9 Å². The zero-order chi connectivity index (χ0) is 14.7. The summed E-state index contributed by atoms with van der Waals surface area (Å²) in [5.74, 6) is 0. The van der Waals surface area contributed by atoms with E-state index in [1.54, 1.807) is 0 Å². The van der Waals surface area contributed by atoms with Crippen LogP contribution in [-0.2, 0) is 10.2 Å². The summed E-state index contributed by atoms with van der Waals surface area (Å²) >= 11 is 0. The van der Waals surface area contributed by atoms with Gasteiger partial charge in [-0.2, -0.15) is 5.26 Å². The first-order chi connectivity index (χ1) is 10.2. The van der Waals surface area contributed by atoms with Crippen molar-refractivity contribution in [1.29, 1.82) is 5.26 Å². The van der Waals surface area contributed by atoms with Crippen molar-refractivity contribution in [2.24, 2.45) is 0 Å². The van der Waals surface area contributed by atoms with E-state index in [0.29, 0.717) is 6.04 Å². The van der Waals surface area contributed by atoms with E-state index in [4.69, 9.17) is 4.74 Å². The fourth-order valence-corrected chi connectivity index (χ4v) is 3.36. The highest BCUT2D eigenvalue weighted by molar-refractivity contribution is 5.36. The first kappa shape index (κ1) is 14.5. The Bertz CT molecular complexity index is 505. The molecule has 0 aromatic heterocycles. The van der Waals surface area contributed by atoms with Crippen LogP contribution in [0.2, 0.25) is 0 Å². The monoisotopic (exact) mass is 285 g/mol. The van der Waals surface area contributed by atoms with Crippen LogP contribution in [0.1, 0.15) is 18.4 Å². The molecule has 1 aromatic carbocycles. The van der Waals surface area contributed by atoms with Gasteiger partial charge in [0.05, 0.1) is 24.2 Å². The highest BCUT2D eigenvalue weighted by atomic mass is 16.5. The molecule has 112 valence electrons. The summed E-state index contributed by atoms with van der Waals surface area (Å²) in [5.41, 5.74) is 0.863. The maximum atomic E-state index is 9.55. The van der Waals surface area contributed by atoms with E-state index in [1.165, 1.54) is 0 Å². The molecule has 1 aliphatic carbocycles. The van der Waals surface area contributed by atoms with E-state index < -0.39 is 0 Å². The molecule has 4 heteroatoms. The Hall–Kier alpha value is -1.41. The number of rotatable bonds is 4. The van der Waals surface area contributed by atoms with E-state index in [1.807, 2.05) is 18.2 Å². The second-order valence-electron chi connectivity index (χ2n) is 6.33. The molecule has 2 fully saturated rings. The fraction of sp³-hybridized carbons (Fsp3) is 0.588. The first-order valence-corrected chi connectivity index (χ1v) is 7.72. The van der Waals surface area contributed by atoms with Crippen LogP contribution in [0, 0.1) is 11.3 Å². The fourth-order valence-electron chi connectivity index (χ4n) is 3.36. The zero-order valence-electron chi connectivity index (χ0n) is 12.6. The molecule has 0 amide bonds. The number of benzene rings is 1. The molecule has 1 aromatic rings. The second-order valence-corrected chi connectivity index (χ2v) is 6.33. The van der Waals surface area contributed by atoms with Crippen molar-refractivity contribution in [1.82, 2.24) is 10.2 Å². The van der Waals surface area contributed by atoms with Crippen LogP contribution in [0.15, 0.2) is 30.3 Å². The Morgan fingerprint density at radius 2 is 2.14 bits per heavy atom. The molecular formula is C17H23N3O. The molecule has 1 N–H and O–H groups in total. The number of hydrogen-bond donors (Lipinski definition) is 1. The predicted octanol–water partition coefficient (Wildman–Crippen LogP) is 1.53. The molecule has 4 nitrogen and oxygen atoms in total. The molecule has 2 aliphatic rings. The Morgan fingerprint density at radius 3 is 2.81 bits per heavy atom. The Kier molecular flexibility index (Phi) is 4.25. The third-order valence-electron chi connectivity index (χ3n) is 4.71. The molecule has 0 bridgehead atoms. The summed E-state index contributed by atoms with van der Waals surface area (Å²) in [6.45, 7) is 3.71. The van der Waals surface area contributed by atoms with Crippen LogP contribution < -0.4 is 5.32 Å². The van der Waals surface area contributed by atoms with Crippen LogP contribution in [0.25, 0.3) is 0 Å². The quantitative estimate of drug-likeness (QED) is 0.911. The van der Waals surface area contributed by atoms with Gasteiger partial charge in [0.25, 0.3) is 0 Å². The number of ether oxygens (including phenoxy) is 1.